The largest absolute Gasteiger partial charge is 0.380 e. The van der Waals surface area contributed by atoms with E-state index in [1.807, 2.05) is 31.4 Å². The minimum Gasteiger partial charge on any atom is -0.380 e. The van der Waals surface area contributed by atoms with Crippen molar-refractivity contribution in [2.24, 2.45) is 5.92 Å². The third-order valence-corrected chi connectivity index (χ3v) is 4.72. The van der Waals surface area contributed by atoms with Crippen molar-refractivity contribution >= 4 is 23.2 Å². The monoisotopic (exact) mass is 368 g/mol. The normalized spacial score (nSPS) is 14.4. The lowest BCUT2D eigenvalue weighted by atomic mass is 10.1. The van der Waals surface area contributed by atoms with Crippen LogP contribution in [0.2, 0.25) is 0 Å². The molecular formula is C18H28N2O4S. The van der Waals surface area contributed by atoms with E-state index < -0.39 is 24.0 Å². The molecule has 7 heteroatoms. The maximum absolute atomic E-state index is 12.4. The first-order valence-corrected chi connectivity index (χ1v) is 9.36. The summed E-state index contributed by atoms with van der Waals surface area (Å²) < 4.78 is 0. The number of aliphatic hydroxyl groups is 2. The third-order valence-electron chi connectivity index (χ3n) is 3.79. The summed E-state index contributed by atoms with van der Waals surface area (Å²) in [4.78, 5) is 26.9. The van der Waals surface area contributed by atoms with E-state index in [4.69, 9.17) is 0 Å². The number of nitrogens with one attached hydrogen (secondary N) is 1. The molecule has 1 aromatic heterocycles. The second-order valence-electron chi connectivity index (χ2n) is 6.01. The van der Waals surface area contributed by atoms with Crippen LogP contribution in [0.1, 0.15) is 25.1 Å². The second kappa shape index (κ2) is 11.0. The molecule has 0 radical (unpaired) electrons. The second-order valence-corrected chi connectivity index (χ2v) is 7.04. The van der Waals surface area contributed by atoms with E-state index in [-0.39, 0.29) is 5.92 Å². The first-order valence-electron chi connectivity index (χ1n) is 8.48. The zero-order valence-electron chi connectivity index (χ0n) is 14.9. The molecule has 140 valence electrons. The first-order chi connectivity index (χ1) is 11.9. The van der Waals surface area contributed by atoms with Gasteiger partial charge in [0.2, 0.25) is 0 Å². The molecule has 0 saturated carbocycles. The van der Waals surface area contributed by atoms with Gasteiger partial charge in [-0.2, -0.15) is 0 Å². The smallest absolute Gasteiger partial charge is 0.254 e. The van der Waals surface area contributed by atoms with E-state index in [0.717, 1.165) is 4.88 Å². The van der Waals surface area contributed by atoms with Crippen LogP contribution >= 0.6 is 11.3 Å². The molecule has 3 N–H and O–H groups in total. The van der Waals surface area contributed by atoms with E-state index in [1.165, 1.54) is 4.90 Å². The molecule has 0 bridgehead atoms. The van der Waals surface area contributed by atoms with Crippen molar-refractivity contribution in [3.63, 3.8) is 0 Å². The Morgan fingerprint density at radius 1 is 1.40 bits per heavy atom. The van der Waals surface area contributed by atoms with E-state index in [9.17, 15) is 19.8 Å². The summed E-state index contributed by atoms with van der Waals surface area (Å²) in [6.07, 6.45) is -0.486. The Labute approximate surface area is 153 Å². The average Bonchev–Trinajstić information content (AvgIpc) is 3.12. The fraction of sp³-hybridized carbons (Fsp3) is 0.556. The predicted octanol–water partition coefficient (Wildman–Crippen LogP) is 1.19. The summed E-state index contributed by atoms with van der Waals surface area (Å²) >= 11 is 1.58. The van der Waals surface area contributed by atoms with E-state index in [1.54, 1.807) is 17.4 Å². The first kappa shape index (κ1) is 21.3. The minimum atomic E-state index is -1.78. The zero-order chi connectivity index (χ0) is 18.8. The molecule has 6 nitrogen and oxygen atoms in total. The highest BCUT2D eigenvalue weighted by Gasteiger charge is 2.33. The fourth-order valence-electron chi connectivity index (χ4n) is 2.32. The Morgan fingerprint density at radius 3 is 2.68 bits per heavy atom. The molecule has 0 aliphatic carbocycles. The van der Waals surface area contributed by atoms with Crippen LogP contribution in [0.3, 0.4) is 0 Å². The van der Waals surface area contributed by atoms with Gasteiger partial charge in [0.05, 0.1) is 0 Å². The third kappa shape index (κ3) is 6.97. The van der Waals surface area contributed by atoms with Crippen molar-refractivity contribution in [3.05, 3.63) is 35.0 Å². The van der Waals surface area contributed by atoms with Crippen LogP contribution in [-0.4, -0.2) is 58.8 Å². The van der Waals surface area contributed by atoms with Gasteiger partial charge in [-0.05, 0) is 30.2 Å². The molecule has 0 aliphatic heterocycles. The van der Waals surface area contributed by atoms with Crippen LogP contribution in [0.4, 0.5) is 0 Å². The Kier molecular flexibility index (Phi) is 9.41. The Morgan fingerprint density at radius 2 is 2.12 bits per heavy atom. The van der Waals surface area contributed by atoms with Crippen LogP contribution in [0, 0.1) is 5.92 Å². The molecule has 3 unspecified atom stereocenters. The molecule has 3 atom stereocenters. The number of thiophene rings is 1. The predicted molar refractivity (Wildman–Crippen MR) is 99.3 cm³/mol. The SMILES string of the molecule is C=CC(C)CN(CCC)C(=O)C(O)C(O)C(=O)NCCc1cccs1. The van der Waals surface area contributed by atoms with Gasteiger partial charge in [0.1, 0.15) is 0 Å². The number of hydrogen-bond donors (Lipinski definition) is 3. The summed E-state index contributed by atoms with van der Waals surface area (Å²) in [5.74, 6) is -1.33. The summed E-state index contributed by atoms with van der Waals surface area (Å²) in [5.41, 5.74) is 0. The molecule has 1 heterocycles. The fourth-order valence-corrected chi connectivity index (χ4v) is 3.03. The van der Waals surface area contributed by atoms with Gasteiger partial charge in [-0.25, -0.2) is 0 Å². The quantitative estimate of drug-likeness (QED) is 0.512. The number of amides is 2. The van der Waals surface area contributed by atoms with Crippen molar-refractivity contribution in [1.82, 2.24) is 10.2 Å². The molecule has 0 aliphatic rings. The number of rotatable bonds is 11. The van der Waals surface area contributed by atoms with Gasteiger partial charge in [0, 0.05) is 24.5 Å². The van der Waals surface area contributed by atoms with Crippen LogP contribution in [0.25, 0.3) is 0 Å². The number of aliphatic hydroxyl groups excluding tert-OH is 2. The molecule has 1 rings (SSSR count). The molecule has 0 saturated heterocycles. The Bertz CT molecular complexity index is 547. The Hall–Kier alpha value is -1.70. The van der Waals surface area contributed by atoms with Crippen molar-refractivity contribution in [2.75, 3.05) is 19.6 Å². The molecule has 1 aromatic rings. The highest BCUT2D eigenvalue weighted by molar-refractivity contribution is 7.09. The number of nitrogens with zero attached hydrogens (tertiary/aromatic N) is 1. The number of hydrogen-bond acceptors (Lipinski definition) is 5. The van der Waals surface area contributed by atoms with E-state index >= 15 is 0 Å². The van der Waals surface area contributed by atoms with E-state index in [0.29, 0.717) is 32.5 Å². The van der Waals surface area contributed by atoms with Gasteiger partial charge in [0.25, 0.3) is 11.8 Å². The van der Waals surface area contributed by atoms with Crippen molar-refractivity contribution < 1.29 is 19.8 Å². The van der Waals surface area contributed by atoms with Gasteiger partial charge in [-0.3, -0.25) is 9.59 Å². The topological polar surface area (TPSA) is 89.9 Å². The number of carbonyl (C=O) groups is 2. The molecule has 2 amide bonds. The highest BCUT2D eigenvalue weighted by Crippen LogP contribution is 2.09. The van der Waals surface area contributed by atoms with Gasteiger partial charge in [0.15, 0.2) is 12.2 Å². The summed E-state index contributed by atoms with van der Waals surface area (Å²) in [6.45, 7) is 8.68. The van der Waals surface area contributed by atoms with Crippen LogP contribution < -0.4 is 5.32 Å². The van der Waals surface area contributed by atoms with Crippen LogP contribution in [-0.2, 0) is 16.0 Å². The van der Waals surface area contributed by atoms with Crippen LogP contribution in [0.15, 0.2) is 30.2 Å². The van der Waals surface area contributed by atoms with Gasteiger partial charge >= 0.3 is 0 Å². The molecule has 0 fully saturated rings. The number of carbonyl (C=O) groups excluding carboxylic acids is 2. The Balaban J connectivity index is 2.55. The maximum atomic E-state index is 12.4. The van der Waals surface area contributed by atoms with Gasteiger partial charge in [-0.15, -0.1) is 17.9 Å². The lowest BCUT2D eigenvalue weighted by Gasteiger charge is -2.28. The van der Waals surface area contributed by atoms with Crippen LogP contribution in [0.5, 0.6) is 0 Å². The lowest BCUT2D eigenvalue weighted by molar-refractivity contribution is -0.153. The van der Waals surface area contributed by atoms with Gasteiger partial charge in [-0.1, -0.05) is 26.0 Å². The molecule has 0 aromatic carbocycles. The molecular weight excluding hydrogens is 340 g/mol. The summed E-state index contributed by atoms with van der Waals surface area (Å²) in [5, 5.41) is 24.6. The molecule has 25 heavy (non-hydrogen) atoms. The highest BCUT2D eigenvalue weighted by atomic mass is 32.1. The van der Waals surface area contributed by atoms with Gasteiger partial charge < -0.3 is 20.4 Å². The summed E-state index contributed by atoms with van der Waals surface area (Å²) in [6, 6.07) is 3.88. The lowest BCUT2D eigenvalue weighted by Crippen LogP contribution is -2.51. The average molecular weight is 368 g/mol. The van der Waals surface area contributed by atoms with Crippen molar-refractivity contribution in [3.8, 4) is 0 Å². The minimum absolute atomic E-state index is 0.0551. The van der Waals surface area contributed by atoms with Crippen molar-refractivity contribution in [1.29, 1.82) is 0 Å². The van der Waals surface area contributed by atoms with Crippen molar-refractivity contribution in [2.45, 2.75) is 38.9 Å². The maximum Gasteiger partial charge on any atom is 0.254 e. The zero-order valence-corrected chi connectivity index (χ0v) is 15.7. The summed E-state index contributed by atoms with van der Waals surface area (Å²) in [7, 11) is 0. The molecule has 0 spiro atoms. The standard InChI is InChI=1S/C18H28N2O4S/c1-4-10-20(12-13(3)5-2)18(24)16(22)15(21)17(23)19-9-8-14-7-6-11-25-14/h5-7,11,13,15-16,21-22H,2,4,8-10,12H2,1,3H3,(H,19,23). The van der Waals surface area contributed by atoms with E-state index in [2.05, 4.69) is 11.9 Å².